The van der Waals surface area contributed by atoms with Gasteiger partial charge in [0.1, 0.15) is 0 Å². The molecule has 0 heterocycles. The third kappa shape index (κ3) is 1.69. The molecule has 1 nitrogen and oxygen atoms in total. The van der Waals surface area contributed by atoms with Crippen LogP contribution >= 0.6 is 0 Å². The first-order chi connectivity index (χ1) is 4.84. The molecule has 1 N–H and O–H groups in total. The Labute approximate surface area is 64.1 Å². The highest BCUT2D eigenvalue weighted by atomic mass is 28.1. The topological polar surface area (TPSA) is 20.2 Å². The normalized spacial score (nSPS) is 9.80. The quantitative estimate of drug-likeness (QED) is 0.588. The Kier molecular flexibility index (Phi) is 2.65. The first-order valence-corrected chi connectivity index (χ1v) is 3.75. The third-order valence-corrected chi connectivity index (χ3v) is 1.89. The third-order valence-electron chi connectivity index (χ3n) is 1.40. The van der Waals surface area contributed by atoms with Crippen molar-refractivity contribution in [1.82, 2.24) is 0 Å². The summed E-state index contributed by atoms with van der Waals surface area (Å²) in [5.74, 6) is 0. The lowest BCUT2D eigenvalue weighted by Gasteiger charge is -2.00. The van der Waals surface area contributed by atoms with Crippen molar-refractivity contribution in [1.29, 1.82) is 0 Å². The van der Waals surface area contributed by atoms with Gasteiger partial charge in [-0.25, -0.2) is 0 Å². The summed E-state index contributed by atoms with van der Waals surface area (Å²) >= 11 is 0. The molecule has 0 saturated carbocycles. The maximum Gasteiger partial charge on any atom is 0.0715 e. The Morgan fingerprint density at radius 2 is 2.00 bits per heavy atom. The second kappa shape index (κ2) is 3.54. The molecule has 3 radical (unpaired) electrons. The van der Waals surface area contributed by atoms with E-state index < -0.39 is 0 Å². The lowest BCUT2D eigenvalue weighted by Crippen LogP contribution is -2.10. The van der Waals surface area contributed by atoms with Gasteiger partial charge in [0.15, 0.2) is 0 Å². The second-order valence-corrected chi connectivity index (χ2v) is 2.67. The molecule has 0 aliphatic heterocycles. The van der Waals surface area contributed by atoms with Crippen molar-refractivity contribution in [3.05, 3.63) is 29.8 Å². The average Bonchev–Trinajstić information content (AvgIpc) is 1.94. The summed E-state index contributed by atoms with van der Waals surface area (Å²) in [5, 5.41) is 9.69. The fourth-order valence-corrected chi connectivity index (χ4v) is 1.16. The van der Waals surface area contributed by atoms with E-state index in [0.717, 1.165) is 17.2 Å². The van der Waals surface area contributed by atoms with Crippen molar-refractivity contribution in [2.75, 3.05) is 6.61 Å². The summed E-state index contributed by atoms with van der Waals surface area (Å²) in [6, 6.07) is 7.90. The van der Waals surface area contributed by atoms with Gasteiger partial charge in [0.2, 0.25) is 0 Å². The molecule has 0 spiro atoms. The molecule has 0 amide bonds. The Morgan fingerprint density at radius 1 is 1.30 bits per heavy atom. The minimum Gasteiger partial charge on any atom is -0.396 e. The Balaban J connectivity index is 2.81. The largest absolute Gasteiger partial charge is 0.396 e. The van der Waals surface area contributed by atoms with Gasteiger partial charge in [-0.3, -0.25) is 0 Å². The highest BCUT2D eigenvalue weighted by Crippen LogP contribution is 1.94. The molecule has 2 heteroatoms. The van der Waals surface area contributed by atoms with Crippen molar-refractivity contribution in [3.63, 3.8) is 0 Å². The van der Waals surface area contributed by atoms with Gasteiger partial charge in [-0.05, 0) is 12.0 Å². The molecular formula is C8H9OSi. The molecule has 0 aliphatic carbocycles. The summed E-state index contributed by atoms with van der Waals surface area (Å²) in [5.41, 5.74) is 1.15. The first kappa shape index (κ1) is 7.50. The van der Waals surface area contributed by atoms with Crippen LogP contribution in [0.2, 0.25) is 0 Å². The zero-order valence-corrected chi connectivity index (χ0v) is 6.67. The summed E-state index contributed by atoms with van der Waals surface area (Å²) in [4.78, 5) is 0. The van der Waals surface area contributed by atoms with Gasteiger partial charge >= 0.3 is 0 Å². The van der Waals surface area contributed by atoms with E-state index in [1.54, 1.807) is 0 Å². The van der Waals surface area contributed by atoms with Crippen LogP contribution in [0.3, 0.4) is 0 Å². The van der Waals surface area contributed by atoms with E-state index in [1.165, 1.54) is 0 Å². The summed E-state index contributed by atoms with van der Waals surface area (Å²) < 4.78 is 0. The van der Waals surface area contributed by atoms with E-state index in [-0.39, 0.29) is 6.61 Å². The van der Waals surface area contributed by atoms with E-state index >= 15 is 0 Å². The zero-order chi connectivity index (χ0) is 7.40. The van der Waals surface area contributed by atoms with Gasteiger partial charge < -0.3 is 5.11 Å². The Hall–Kier alpha value is -0.603. The number of hydrogen-bond acceptors (Lipinski definition) is 1. The van der Waals surface area contributed by atoms with Crippen molar-refractivity contribution in [2.24, 2.45) is 0 Å². The van der Waals surface area contributed by atoms with Crippen LogP contribution in [0.15, 0.2) is 24.3 Å². The molecule has 51 valence electrons. The number of benzene rings is 1. The van der Waals surface area contributed by atoms with Crippen LogP contribution in [-0.2, 0) is 6.42 Å². The van der Waals surface area contributed by atoms with Crippen LogP contribution in [-0.4, -0.2) is 22.0 Å². The van der Waals surface area contributed by atoms with Crippen LogP contribution in [0.4, 0.5) is 0 Å². The summed E-state index contributed by atoms with van der Waals surface area (Å²) in [6.45, 7) is 0.210. The van der Waals surface area contributed by atoms with Gasteiger partial charge in [0.25, 0.3) is 0 Å². The van der Waals surface area contributed by atoms with Crippen LogP contribution in [0, 0.1) is 0 Å². The zero-order valence-electron chi connectivity index (χ0n) is 5.67. The molecule has 0 atom stereocenters. The fraction of sp³-hybridized carbons (Fsp3) is 0.250. The molecule has 0 aliphatic rings. The molecule has 1 aromatic carbocycles. The van der Waals surface area contributed by atoms with Gasteiger partial charge in [-0.2, -0.15) is 0 Å². The van der Waals surface area contributed by atoms with Crippen LogP contribution in [0.5, 0.6) is 0 Å². The molecule has 0 unspecified atom stereocenters. The standard InChI is InChI=1S/C8H9OSi/c9-6-5-7-3-1-2-4-8(7)10/h1-4,9H,5-6H2. The molecule has 0 fully saturated rings. The number of hydrogen-bond donors (Lipinski definition) is 1. The predicted molar refractivity (Wildman–Crippen MR) is 42.6 cm³/mol. The van der Waals surface area contributed by atoms with E-state index in [1.807, 2.05) is 24.3 Å². The number of aliphatic hydroxyl groups is 1. The highest BCUT2D eigenvalue weighted by molar-refractivity contribution is 6.33. The van der Waals surface area contributed by atoms with E-state index in [4.69, 9.17) is 5.11 Å². The Morgan fingerprint density at radius 3 is 2.60 bits per heavy atom. The minimum absolute atomic E-state index is 0.210. The summed E-state index contributed by atoms with van der Waals surface area (Å²) in [7, 11) is 3.44. The molecule has 10 heavy (non-hydrogen) atoms. The van der Waals surface area contributed by atoms with E-state index in [9.17, 15) is 0 Å². The van der Waals surface area contributed by atoms with Crippen LogP contribution in [0.1, 0.15) is 5.56 Å². The number of aliphatic hydroxyl groups excluding tert-OH is 1. The molecule has 1 aromatic rings. The minimum atomic E-state index is 0.210. The second-order valence-electron chi connectivity index (χ2n) is 2.13. The van der Waals surface area contributed by atoms with Gasteiger partial charge in [-0.1, -0.05) is 29.5 Å². The maximum absolute atomic E-state index is 8.62. The van der Waals surface area contributed by atoms with Crippen LogP contribution < -0.4 is 5.19 Å². The van der Waals surface area contributed by atoms with Crippen molar-refractivity contribution in [2.45, 2.75) is 6.42 Å². The van der Waals surface area contributed by atoms with E-state index in [0.29, 0.717) is 0 Å². The fourth-order valence-electron chi connectivity index (χ4n) is 0.859. The predicted octanol–water partition coefficient (Wildman–Crippen LogP) is 0.0152. The molecular weight excluding hydrogens is 140 g/mol. The monoisotopic (exact) mass is 149 g/mol. The summed E-state index contributed by atoms with van der Waals surface area (Å²) in [6.07, 6.45) is 0.722. The number of rotatable bonds is 2. The lowest BCUT2D eigenvalue weighted by molar-refractivity contribution is 0.300. The molecule has 0 aromatic heterocycles. The first-order valence-electron chi connectivity index (χ1n) is 3.25. The van der Waals surface area contributed by atoms with E-state index in [2.05, 4.69) is 10.2 Å². The van der Waals surface area contributed by atoms with Crippen molar-refractivity contribution >= 4 is 15.4 Å². The Bertz CT molecular complexity index is 210. The average molecular weight is 149 g/mol. The van der Waals surface area contributed by atoms with Crippen molar-refractivity contribution in [3.8, 4) is 0 Å². The van der Waals surface area contributed by atoms with Gasteiger partial charge in [-0.15, -0.1) is 0 Å². The van der Waals surface area contributed by atoms with Gasteiger partial charge in [0.05, 0.1) is 10.2 Å². The smallest absolute Gasteiger partial charge is 0.0715 e. The molecule has 0 bridgehead atoms. The van der Waals surface area contributed by atoms with Crippen molar-refractivity contribution < 1.29 is 5.11 Å². The van der Waals surface area contributed by atoms with Gasteiger partial charge in [0, 0.05) is 6.61 Å². The highest BCUT2D eigenvalue weighted by Gasteiger charge is 1.93. The molecule has 0 saturated heterocycles. The lowest BCUT2D eigenvalue weighted by atomic mass is 10.2. The van der Waals surface area contributed by atoms with Crippen LogP contribution in [0.25, 0.3) is 0 Å². The molecule has 1 rings (SSSR count). The SMILES string of the molecule is OCCc1ccccc1[Si]. The maximum atomic E-state index is 8.62.